The number of nitrogens with one attached hydrogen (secondary N) is 1. The molecule has 0 aliphatic carbocycles. The molecule has 134 valence electrons. The van der Waals surface area contributed by atoms with Gasteiger partial charge in [0, 0.05) is 6.54 Å². The van der Waals surface area contributed by atoms with Crippen LogP contribution in [0, 0.1) is 18.6 Å². The van der Waals surface area contributed by atoms with E-state index >= 15 is 0 Å². The standard InChI is InChI=1S/C17H17F2NO4S/c1-12-2-4-13(5-3-12)11-24-17(21)8-9-20-25(22,23)14-6-7-15(18)16(19)10-14/h2-7,10,20H,8-9,11H2,1H3. The van der Waals surface area contributed by atoms with Gasteiger partial charge in [-0.1, -0.05) is 29.8 Å². The molecule has 0 bridgehead atoms. The van der Waals surface area contributed by atoms with Gasteiger partial charge in [0.15, 0.2) is 11.6 Å². The van der Waals surface area contributed by atoms with E-state index in [1.807, 2.05) is 31.2 Å². The largest absolute Gasteiger partial charge is 0.461 e. The lowest BCUT2D eigenvalue weighted by atomic mass is 10.2. The summed E-state index contributed by atoms with van der Waals surface area (Å²) in [5, 5.41) is 0. The van der Waals surface area contributed by atoms with Crippen LogP contribution in [0.5, 0.6) is 0 Å². The van der Waals surface area contributed by atoms with Crippen molar-refractivity contribution in [1.82, 2.24) is 4.72 Å². The fourth-order valence-electron chi connectivity index (χ4n) is 1.94. The quantitative estimate of drug-likeness (QED) is 0.762. The number of benzene rings is 2. The number of hydrogen-bond donors (Lipinski definition) is 1. The molecule has 0 spiro atoms. The molecule has 0 unspecified atom stereocenters. The number of ether oxygens (including phenoxy) is 1. The lowest BCUT2D eigenvalue weighted by molar-refractivity contribution is -0.144. The molecule has 0 fully saturated rings. The van der Waals surface area contributed by atoms with Crippen molar-refractivity contribution in [2.45, 2.75) is 24.8 Å². The van der Waals surface area contributed by atoms with E-state index in [-0.39, 0.29) is 19.6 Å². The zero-order valence-corrected chi connectivity index (χ0v) is 14.3. The molecule has 0 saturated carbocycles. The van der Waals surface area contributed by atoms with Gasteiger partial charge in [0.1, 0.15) is 6.61 Å². The van der Waals surface area contributed by atoms with Gasteiger partial charge in [0.2, 0.25) is 10.0 Å². The third-order valence-electron chi connectivity index (χ3n) is 3.34. The van der Waals surface area contributed by atoms with Crippen molar-refractivity contribution in [1.29, 1.82) is 0 Å². The first kappa shape index (κ1) is 19.0. The average molecular weight is 369 g/mol. The van der Waals surface area contributed by atoms with Gasteiger partial charge in [0.25, 0.3) is 0 Å². The molecule has 0 aromatic heterocycles. The van der Waals surface area contributed by atoms with Crippen LogP contribution >= 0.6 is 0 Å². The van der Waals surface area contributed by atoms with Crippen LogP contribution in [-0.2, 0) is 26.2 Å². The van der Waals surface area contributed by atoms with E-state index < -0.39 is 32.5 Å². The van der Waals surface area contributed by atoms with Gasteiger partial charge in [-0.05, 0) is 30.7 Å². The molecule has 0 saturated heterocycles. The van der Waals surface area contributed by atoms with E-state index in [1.165, 1.54) is 0 Å². The summed E-state index contributed by atoms with van der Waals surface area (Å²) >= 11 is 0. The summed E-state index contributed by atoms with van der Waals surface area (Å²) in [6, 6.07) is 9.67. The SMILES string of the molecule is Cc1ccc(COC(=O)CCNS(=O)(=O)c2ccc(F)c(F)c2)cc1. The number of carbonyl (C=O) groups is 1. The van der Waals surface area contributed by atoms with E-state index in [1.54, 1.807) is 0 Å². The van der Waals surface area contributed by atoms with Crippen molar-refractivity contribution in [3.8, 4) is 0 Å². The summed E-state index contributed by atoms with van der Waals surface area (Å²) in [7, 11) is -4.03. The van der Waals surface area contributed by atoms with Crippen LogP contribution < -0.4 is 4.72 Å². The van der Waals surface area contributed by atoms with Crippen molar-refractivity contribution >= 4 is 16.0 Å². The minimum absolute atomic E-state index is 0.0923. The predicted octanol–water partition coefficient (Wildman–Crippen LogP) is 2.69. The van der Waals surface area contributed by atoms with Crippen molar-refractivity contribution in [2.24, 2.45) is 0 Å². The van der Waals surface area contributed by atoms with Crippen LogP contribution in [0.3, 0.4) is 0 Å². The second-order valence-electron chi connectivity index (χ2n) is 5.37. The summed E-state index contributed by atoms with van der Waals surface area (Å²) < 4.78 is 57.0. The van der Waals surface area contributed by atoms with E-state index in [0.29, 0.717) is 6.07 Å². The van der Waals surface area contributed by atoms with Crippen LogP contribution in [0.15, 0.2) is 47.4 Å². The third-order valence-corrected chi connectivity index (χ3v) is 4.80. The number of aryl methyl sites for hydroxylation is 1. The Morgan fingerprint density at radius 2 is 1.76 bits per heavy atom. The van der Waals surface area contributed by atoms with Gasteiger partial charge in [-0.25, -0.2) is 21.9 Å². The van der Waals surface area contributed by atoms with Crippen LogP contribution in [-0.4, -0.2) is 20.9 Å². The van der Waals surface area contributed by atoms with Gasteiger partial charge in [-0.3, -0.25) is 4.79 Å². The summed E-state index contributed by atoms with van der Waals surface area (Å²) in [6.07, 6.45) is -0.186. The Kier molecular flexibility index (Phi) is 6.22. The highest BCUT2D eigenvalue weighted by Crippen LogP contribution is 2.13. The predicted molar refractivity (Wildman–Crippen MR) is 87.1 cm³/mol. The topological polar surface area (TPSA) is 72.5 Å². The first-order valence-corrected chi connectivity index (χ1v) is 8.92. The Morgan fingerprint density at radius 3 is 2.40 bits per heavy atom. The van der Waals surface area contributed by atoms with Crippen molar-refractivity contribution in [3.63, 3.8) is 0 Å². The zero-order chi connectivity index (χ0) is 18.4. The molecule has 0 atom stereocenters. The van der Waals surface area contributed by atoms with Gasteiger partial charge >= 0.3 is 5.97 Å². The number of esters is 1. The van der Waals surface area contributed by atoms with Crippen molar-refractivity contribution in [3.05, 3.63) is 65.2 Å². The van der Waals surface area contributed by atoms with Gasteiger partial charge in [-0.2, -0.15) is 0 Å². The molecule has 0 radical (unpaired) electrons. The second kappa shape index (κ2) is 8.17. The van der Waals surface area contributed by atoms with E-state index in [9.17, 15) is 22.0 Å². The van der Waals surface area contributed by atoms with Crippen LogP contribution in [0.1, 0.15) is 17.5 Å². The highest BCUT2D eigenvalue weighted by molar-refractivity contribution is 7.89. The molecule has 2 rings (SSSR count). The highest BCUT2D eigenvalue weighted by Gasteiger charge is 2.16. The molecular formula is C17H17F2NO4S. The molecule has 1 N–H and O–H groups in total. The Balaban J connectivity index is 1.81. The maximum Gasteiger partial charge on any atom is 0.307 e. The average Bonchev–Trinajstić information content (AvgIpc) is 2.56. The smallest absolute Gasteiger partial charge is 0.307 e. The monoisotopic (exact) mass is 369 g/mol. The van der Waals surface area contributed by atoms with Crippen molar-refractivity contribution < 1.29 is 26.7 Å². The summed E-state index contributed by atoms with van der Waals surface area (Å²) in [6.45, 7) is 1.82. The summed E-state index contributed by atoms with van der Waals surface area (Å²) in [5.41, 5.74) is 1.91. The van der Waals surface area contributed by atoms with Crippen LogP contribution in [0.25, 0.3) is 0 Å². The number of hydrogen-bond acceptors (Lipinski definition) is 4. The fraction of sp³-hybridized carbons (Fsp3) is 0.235. The Labute approximate surface area is 144 Å². The Morgan fingerprint density at radius 1 is 1.08 bits per heavy atom. The Bertz CT molecular complexity index is 851. The lowest BCUT2D eigenvalue weighted by Gasteiger charge is -2.08. The molecule has 0 amide bonds. The number of carbonyl (C=O) groups excluding carboxylic acids is 1. The Hall–Kier alpha value is -2.32. The molecule has 0 aliphatic heterocycles. The third kappa shape index (κ3) is 5.61. The fourth-order valence-corrected chi connectivity index (χ4v) is 2.98. The molecule has 0 heterocycles. The zero-order valence-electron chi connectivity index (χ0n) is 13.5. The molecule has 8 heteroatoms. The molecule has 25 heavy (non-hydrogen) atoms. The summed E-state index contributed by atoms with van der Waals surface area (Å²) in [5.74, 6) is -2.98. The molecule has 2 aromatic carbocycles. The lowest BCUT2D eigenvalue weighted by Crippen LogP contribution is -2.27. The van der Waals surface area contributed by atoms with E-state index in [0.717, 1.165) is 23.3 Å². The maximum atomic E-state index is 13.1. The molecule has 2 aromatic rings. The van der Waals surface area contributed by atoms with Gasteiger partial charge in [0.05, 0.1) is 11.3 Å². The van der Waals surface area contributed by atoms with Gasteiger partial charge in [-0.15, -0.1) is 0 Å². The summed E-state index contributed by atoms with van der Waals surface area (Å²) in [4.78, 5) is 11.2. The number of sulfonamides is 1. The minimum atomic E-state index is -4.03. The first-order chi connectivity index (χ1) is 11.8. The van der Waals surface area contributed by atoms with Crippen LogP contribution in [0.4, 0.5) is 8.78 Å². The molecule has 5 nitrogen and oxygen atoms in total. The highest BCUT2D eigenvalue weighted by atomic mass is 32.2. The van der Waals surface area contributed by atoms with Gasteiger partial charge < -0.3 is 4.74 Å². The first-order valence-electron chi connectivity index (χ1n) is 7.44. The number of rotatable bonds is 7. The van der Waals surface area contributed by atoms with Crippen molar-refractivity contribution in [2.75, 3.05) is 6.54 Å². The van der Waals surface area contributed by atoms with E-state index in [4.69, 9.17) is 4.74 Å². The minimum Gasteiger partial charge on any atom is -0.461 e. The van der Waals surface area contributed by atoms with E-state index in [2.05, 4.69) is 4.72 Å². The van der Waals surface area contributed by atoms with Crippen LogP contribution in [0.2, 0.25) is 0 Å². The molecule has 0 aliphatic rings. The normalized spacial score (nSPS) is 11.3. The maximum absolute atomic E-state index is 13.1. The molecular weight excluding hydrogens is 352 g/mol. The second-order valence-corrected chi connectivity index (χ2v) is 7.14. The number of halogens is 2.